The van der Waals surface area contributed by atoms with Crippen LogP contribution in [0, 0.1) is 6.92 Å². The minimum atomic E-state index is -0.645. The third-order valence-corrected chi connectivity index (χ3v) is 6.09. The Kier molecular flexibility index (Phi) is 8.15. The van der Waals surface area contributed by atoms with E-state index in [9.17, 15) is 14.6 Å². The molecule has 2 aliphatic rings. The summed E-state index contributed by atoms with van der Waals surface area (Å²) in [4.78, 5) is 33.5. The summed E-state index contributed by atoms with van der Waals surface area (Å²) < 4.78 is 2.00. The topological polar surface area (TPSA) is 103 Å². The summed E-state index contributed by atoms with van der Waals surface area (Å²) in [5.41, 5.74) is 0.971. The van der Waals surface area contributed by atoms with Crippen LogP contribution in [0.15, 0.2) is 12.5 Å². The van der Waals surface area contributed by atoms with Gasteiger partial charge in [-0.05, 0) is 33.0 Å². The average molecular weight is 418 g/mol. The van der Waals surface area contributed by atoms with E-state index < -0.39 is 13.1 Å². The van der Waals surface area contributed by atoms with Gasteiger partial charge in [-0.25, -0.2) is 9.78 Å². The Morgan fingerprint density at radius 3 is 2.70 bits per heavy atom. The van der Waals surface area contributed by atoms with Gasteiger partial charge < -0.3 is 29.9 Å². The van der Waals surface area contributed by atoms with Crippen LogP contribution in [0.25, 0.3) is 0 Å². The summed E-state index contributed by atoms with van der Waals surface area (Å²) in [5, 5.41) is 16.1. The molecular weight excluding hydrogens is 383 g/mol. The minimum absolute atomic E-state index is 0.166. The molecule has 0 unspecified atom stereocenters. The Morgan fingerprint density at radius 1 is 1.27 bits per heavy atom. The van der Waals surface area contributed by atoms with Crippen LogP contribution in [0.5, 0.6) is 0 Å². The molecule has 0 aromatic carbocycles. The minimum Gasteiger partial charge on any atom is -0.437 e. The van der Waals surface area contributed by atoms with Gasteiger partial charge in [-0.15, -0.1) is 0 Å². The van der Waals surface area contributed by atoms with E-state index in [0.717, 1.165) is 44.3 Å². The molecule has 9 nitrogen and oxygen atoms in total. The lowest BCUT2D eigenvalue weighted by Gasteiger charge is -2.41. The zero-order valence-corrected chi connectivity index (χ0v) is 18.2. The van der Waals surface area contributed by atoms with Crippen molar-refractivity contribution in [2.24, 2.45) is 0 Å². The summed E-state index contributed by atoms with van der Waals surface area (Å²) in [6, 6.07) is -0.572. The smallest absolute Gasteiger partial charge is 0.376 e. The molecule has 166 valence electrons. The summed E-state index contributed by atoms with van der Waals surface area (Å²) >= 11 is 0. The van der Waals surface area contributed by atoms with Gasteiger partial charge >= 0.3 is 13.1 Å². The number of hydrogen-bond donors (Lipinski definition) is 3. The van der Waals surface area contributed by atoms with Crippen LogP contribution >= 0.6 is 0 Å². The molecular formula is C20H35BN6O3. The first kappa shape index (κ1) is 22.6. The number of aryl methyl sites for hydroxylation is 2. The van der Waals surface area contributed by atoms with Crippen LogP contribution in [-0.2, 0) is 11.3 Å². The summed E-state index contributed by atoms with van der Waals surface area (Å²) in [6.45, 7) is 6.26. The van der Waals surface area contributed by atoms with Gasteiger partial charge in [-0.1, -0.05) is 19.3 Å². The Bertz CT molecular complexity index is 706. The van der Waals surface area contributed by atoms with E-state index in [4.69, 9.17) is 0 Å². The Balaban J connectivity index is 1.54. The molecule has 1 aliphatic heterocycles. The monoisotopic (exact) mass is 418 g/mol. The quantitative estimate of drug-likeness (QED) is 0.450. The summed E-state index contributed by atoms with van der Waals surface area (Å²) in [7, 11) is -0.645. The van der Waals surface area contributed by atoms with Gasteiger partial charge in [0.05, 0.1) is 12.0 Å². The highest BCUT2D eigenvalue weighted by Crippen LogP contribution is 2.19. The van der Waals surface area contributed by atoms with Crippen LogP contribution < -0.4 is 10.6 Å². The normalized spacial score (nSPS) is 20.8. The van der Waals surface area contributed by atoms with E-state index in [-0.39, 0.29) is 18.0 Å². The summed E-state index contributed by atoms with van der Waals surface area (Å²) in [6.07, 6.45) is 10.1. The molecule has 0 bridgehead atoms. The maximum absolute atomic E-state index is 12.9. The highest BCUT2D eigenvalue weighted by Gasteiger charge is 2.37. The lowest BCUT2D eigenvalue weighted by atomic mass is 9.83. The van der Waals surface area contributed by atoms with Crippen LogP contribution in [-0.4, -0.2) is 81.5 Å². The predicted molar refractivity (Wildman–Crippen MR) is 116 cm³/mol. The molecule has 0 radical (unpaired) electrons. The lowest BCUT2D eigenvalue weighted by Crippen LogP contribution is -2.64. The van der Waals surface area contributed by atoms with Gasteiger partial charge in [0.25, 0.3) is 0 Å². The van der Waals surface area contributed by atoms with E-state index in [1.807, 2.05) is 22.5 Å². The second kappa shape index (κ2) is 10.8. The standard InChI is InChI=1S/C20H35BN6O3/c1-16-13-25(15-23-16)10-6-9-22-19(28)18-14-26(21(2)30)11-12-27(18)20(29)24-17-7-4-3-5-8-17/h13,15,17-18,30H,3-12,14H2,1-2H3,(H,22,28)(H,24,29)/t18-/m1/s1. The lowest BCUT2D eigenvalue weighted by molar-refractivity contribution is -0.126. The van der Waals surface area contributed by atoms with Crippen molar-refractivity contribution in [3.63, 3.8) is 0 Å². The predicted octanol–water partition coefficient (Wildman–Crippen LogP) is 0.837. The van der Waals surface area contributed by atoms with Gasteiger partial charge in [0.15, 0.2) is 0 Å². The van der Waals surface area contributed by atoms with Crippen molar-refractivity contribution in [1.82, 2.24) is 29.9 Å². The third kappa shape index (κ3) is 6.22. The van der Waals surface area contributed by atoms with Crippen molar-refractivity contribution in [2.75, 3.05) is 26.2 Å². The zero-order chi connectivity index (χ0) is 21.5. The molecule has 30 heavy (non-hydrogen) atoms. The Morgan fingerprint density at radius 2 is 2.03 bits per heavy atom. The van der Waals surface area contributed by atoms with Crippen LogP contribution in [0.2, 0.25) is 6.82 Å². The van der Waals surface area contributed by atoms with Crippen molar-refractivity contribution < 1.29 is 14.6 Å². The molecule has 3 N–H and O–H groups in total. The van der Waals surface area contributed by atoms with Crippen LogP contribution in [0.4, 0.5) is 4.79 Å². The second-order valence-electron chi connectivity index (χ2n) is 8.52. The highest BCUT2D eigenvalue weighted by atomic mass is 16.2. The molecule has 3 amide bonds. The van der Waals surface area contributed by atoms with Gasteiger partial charge in [0.2, 0.25) is 5.91 Å². The van der Waals surface area contributed by atoms with E-state index in [0.29, 0.717) is 26.2 Å². The Labute approximate surface area is 179 Å². The molecule has 1 saturated carbocycles. The number of carbonyl (C=O) groups is 2. The number of urea groups is 1. The molecule has 1 saturated heterocycles. The largest absolute Gasteiger partial charge is 0.437 e. The first-order valence-electron chi connectivity index (χ1n) is 11.2. The number of carbonyl (C=O) groups excluding carboxylic acids is 2. The summed E-state index contributed by atoms with van der Waals surface area (Å²) in [5.74, 6) is -0.166. The number of piperazine rings is 1. The molecule has 2 fully saturated rings. The molecule has 1 aromatic rings. The zero-order valence-electron chi connectivity index (χ0n) is 18.2. The number of hydrogen-bond acceptors (Lipinski definition) is 5. The maximum Gasteiger partial charge on any atom is 0.376 e. The van der Waals surface area contributed by atoms with Crippen LogP contribution in [0.1, 0.15) is 44.2 Å². The fraction of sp³-hybridized carbons (Fsp3) is 0.750. The fourth-order valence-corrected chi connectivity index (χ4v) is 4.30. The molecule has 2 heterocycles. The maximum atomic E-state index is 12.9. The molecule has 1 atom stereocenters. The van der Waals surface area contributed by atoms with E-state index in [2.05, 4.69) is 15.6 Å². The van der Waals surface area contributed by atoms with Crippen LogP contribution in [0.3, 0.4) is 0 Å². The first-order chi connectivity index (χ1) is 14.4. The highest BCUT2D eigenvalue weighted by molar-refractivity contribution is 6.45. The second-order valence-corrected chi connectivity index (χ2v) is 8.52. The molecule has 0 spiro atoms. The first-order valence-corrected chi connectivity index (χ1v) is 11.2. The van der Waals surface area contributed by atoms with Crippen molar-refractivity contribution in [3.05, 3.63) is 18.2 Å². The third-order valence-electron chi connectivity index (χ3n) is 6.09. The fourth-order valence-electron chi connectivity index (χ4n) is 4.30. The molecule has 3 rings (SSSR count). The van der Waals surface area contributed by atoms with Crippen molar-refractivity contribution in [3.8, 4) is 0 Å². The Hall–Kier alpha value is -2.07. The molecule has 10 heteroatoms. The van der Waals surface area contributed by atoms with Gasteiger partial charge in [0, 0.05) is 45.0 Å². The number of nitrogens with zero attached hydrogens (tertiary/aromatic N) is 4. The molecule has 1 aromatic heterocycles. The van der Waals surface area contributed by atoms with E-state index >= 15 is 0 Å². The average Bonchev–Trinajstić information content (AvgIpc) is 3.16. The number of amides is 3. The van der Waals surface area contributed by atoms with Crippen molar-refractivity contribution >= 4 is 19.0 Å². The number of imidazole rings is 1. The van der Waals surface area contributed by atoms with Crippen molar-refractivity contribution in [1.29, 1.82) is 0 Å². The van der Waals surface area contributed by atoms with E-state index in [1.165, 1.54) is 6.42 Å². The number of nitrogens with one attached hydrogen (secondary N) is 2. The number of aromatic nitrogens is 2. The van der Waals surface area contributed by atoms with Gasteiger partial charge in [0.1, 0.15) is 6.04 Å². The number of rotatable bonds is 7. The molecule has 1 aliphatic carbocycles. The van der Waals surface area contributed by atoms with Crippen molar-refractivity contribution in [2.45, 2.75) is 70.9 Å². The van der Waals surface area contributed by atoms with E-state index in [1.54, 1.807) is 18.1 Å². The SMILES string of the molecule is CB(O)N1CCN(C(=O)NC2CCCCC2)[C@@H](C(=O)NCCCn2cnc(C)c2)C1. The van der Waals surface area contributed by atoms with Gasteiger partial charge in [-0.2, -0.15) is 0 Å². The van der Waals surface area contributed by atoms with Gasteiger partial charge in [-0.3, -0.25) is 4.79 Å².